The second-order valence-corrected chi connectivity index (χ2v) is 7.09. The quantitative estimate of drug-likeness (QED) is 0.773. The van der Waals surface area contributed by atoms with E-state index in [1.807, 2.05) is 31.3 Å². The molecule has 1 aromatic carbocycles. The third-order valence-electron chi connectivity index (χ3n) is 2.85. The minimum absolute atomic E-state index is 0.115. The Morgan fingerprint density at radius 3 is 2.83 bits per heavy atom. The predicted molar refractivity (Wildman–Crippen MR) is 81.8 cm³/mol. The Labute approximate surface area is 120 Å². The molecule has 1 atom stereocenters. The van der Waals surface area contributed by atoms with Gasteiger partial charge >= 0.3 is 0 Å². The van der Waals surface area contributed by atoms with Crippen LogP contribution in [-0.4, -0.2) is 29.2 Å². The van der Waals surface area contributed by atoms with E-state index in [1.54, 1.807) is 16.2 Å². The molecule has 1 heterocycles. The number of hydrogen-bond donors (Lipinski definition) is 0. The number of alkyl halides is 1. The number of rotatable bonds is 4. The van der Waals surface area contributed by atoms with Crippen LogP contribution < -0.4 is 0 Å². The molecule has 96 valence electrons. The Kier molecular flexibility index (Phi) is 4.40. The molecule has 18 heavy (non-hydrogen) atoms. The number of carbonyl (C=O) groups is 1. The summed E-state index contributed by atoms with van der Waals surface area (Å²) in [6.45, 7) is 2.87. The van der Waals surface area contributed by atoms with Gasteiger partial charge in [-0.15, -0.1) is 11.3 Å². The van der Waals surface area contributed by atoms with Crippen LogP contribution in [0.5, 0.6) is 0 Å². The average Bonchev–Trinajstić information content (AvgIpc) is 2.78. The zero-order valence-corrected chi connectivity index (χ0v) is 12.9. The second-order valence-electron chi connectivity index (χ2n) is 4.44. The Bertz CT molecular complexity index is 516. The standard InChI is InChI=1S/C14H16BrNOS/c1-10(15)7-8-16(2)14(17)13-9-11-5-3-4-6-12(11)18-13/h3-6,9-10H,7-8H2,1-2H3. The summed E-state index contributed by atoms with van der Waals surface area (Å²) in [6.07, 6.45) is 0.965. The molecule has 0 radical (unpaired) electrons. The molecule has 1 amide bonds. The van der Waals surface area contributed by atoms with E-state index in [9.17, 15) is 4.79 Å². The van der Waals surface area contributed by atoms with Gasteiger partial charge in [0.1, 0.15) is 0 Å². The lowest BCUT2D eigenvalue weighted by atomic mass is 10.2. The maximum atomic E-state index is 12.2. The summed E-state index contributed by atoms with van der Waals surface area (Å²) in [7, 11) is 1.86. The monoisotopic (exact) mass is 325 g/mol. The molecule has 4 heteroatoms. The summed E-state index contributed by atoms with van der Waals surface area (Å²) in [5.41, 5.74) is 0. The van der Waals surface area contributed by atoms with Crippen molar-refractivity contribution >= 4 is 43.3 Å². The summed E-state index contributed by atoms with van der Waals surface area (Å²) in [5.74, 6) is 0.115. The number of amides is 1. The molecular formula is C14H16BrNOS. The topological polar surface area (TPSA) is 20.3 Å². The van der Waals surface area contributed by atoms with Gasteiger partial charge in [0.25, 0.3) is 5.91 Å². The third kappa shape index (κ3) is 3.12. The van der Waals surface area contributed by atoms with Gasteiger partial charge in [-0.1, -0.05) is 41.1 Å². The van der Waals surface area contributed by atoms with Crippen LogP contribution in [0.2, 0.25) is 0 Å². The fraction of sp³-hybridized carbons (Fsp3) is 0.357. The first kappa shape index (κ1) is 13.6. The molecule has 2 nitrogen and oxygen atoms in total. The molecule has 1 unspecified atom stereocenters. The molecule has 0 saturated heterocycles. The van der Waals surface area contributed by atoms with Crippen molar-refractivity contribution in [1.82, 2.24) is 4.90 Å². The predicted octanol–water partition coefficient (Wildman–Crippen LogP) is 4.15. The molecule has 0 aliphatic heterocycles. The summed E-state index contributed by atoms with van der Waals surface area (Å²) in [6, 6.07) is 10.1. The van der Waals surface area contributed by atoms with Crippen molar-refractivity contribution in [3.05, 3.63) is 35.2 Å². The van der Waals surface area contributed by atoms with E-state index >= 15 is 0 Å². The summed E-state index contributed by atoms with van der Waals surface area (Å²) < 4.78 is 1.17. The fourth-order valence-corrected chi connectivity index (χ4v) is 3.01. The van der Waals surface area contributed by atoms with Gasteiger partial charge in [0.05, 0.1) is 4.88 Å². The number of nitrogens with zero attached hydrogens (tertiary/aromatic N) is 1. The van der Waals surface area contributed by atoms with E-state index in [-0.39, 0.29) is 5.91 Å². The molecule has 2 rings (SSSR count). The first-order chi connectivity index (χ1) is 8.58. The van der Waals surface area contributed by atoms with Crippen LogP contribution >= 0.6 is 27.3 Å². The van der Waals surface area contributed by atoms with Crippen LogP contribution in [-0.2, 0) is 0 Å². The Morgan fingerprint density at radius 1 is 1.44 bits per heavy atom. The molecule has 1 aromatic heterocycles. The number of benzene rings is 1. The highest BCUT2D eigenvalue weighted by atomic mass is 79.9. The molecule has 0 spiro atoms. The van der Waals surface area contributed by atoms with Crippen molar-refractivity contribution < 1.29 is 4.79 Å². The Hall–Kier alpha value is -0.870. The van der Waals surface area contributed by atoms with Crippen molar-refractivity contribution in [3.63, 3.8) is 0 Å². The fourth-order valence-electron chi connectivity index (χ4n) is 1.75. The van der Waals surface area contributed by atoms with Crippen LogP contribution in [0.1, 0.15) is 23.0 Å². The normalized spacial score (nSPS) is 12.6. The average molecular weight is 326 g/mol. The summed E-state index contributed by atoms with van der Waals surface area (Å²) >= 11 is 5.07. The largest absolute Gasteiger partial charge is 0.341 e. The zero-order chi connectivity index (χ0) is 13.1. The summed E-state index contributed by atoms with van der Waals surface area (Å²) in [5, 5.41) is 1.15. The first-order valence-corrected chi connectivity index (χ1v) is 7.69. The van der Waals surface area contributed by atoms with Crippen molar-refractivity contribution in [3.8, 4) is 0 Å². The molecule has 0 aliphatic rings. The Morgan fingerprint density at radius 2 is 2.17 bits per heavy atom. The number of carbonyl (C=O) groups excluding carboxylic acids is 1. The molecular weight excluding hydrogens is 310 g/mol. The van der Waals surface area contributed by atoms with Crippen LogP contribution in [0.25, 0.3) is 10.1 Å². The SMILES string of the molecule is CC(Br)CCN(C)C(=O)c1cc2ccccc2s1. The van der Waals surface area contributed by atoms with Crippen LogP contribution in [0, 0.1) is 0 Å². The van der Waals surface area contributed by atoms with Crippen molar-refractivity contribution in [1.29, 1.82) is 0 Å². The van der Waals surface area contributed by atoms with Gasteiger partial charge in [0.2, 0.25) is 0 Å². The lowest BCUT2D eigenvalue weighted by Gasteiger charge is -2.16. The molecule has 0 fully saturated rings. The van der Waals surface area contributed by atoms with Crippen molar-refractivity contribution in [2.75, 3.05) is 13.6 Å². The van der Waals surface area contributed by atoms with Crippen molar-refractivity contribution in [2.45, 2.75) is 18.2 Å². The molecule has 0 saturated carbocycles. The number of hydrogen-bond acceptors (Lipinski definition) is 2. The number of fused-ring (bicyclic) bond motifs is 1. The van der Waals surface area contributed by atoms with Crippen molar-refractivity contribution in [2.24, 2.45) is 0 Å². The molecule has 0 bridgehead atoms. The van der Waals surface area contributed by atoms with Gasteiger partial charge in [0.15, 0.2) is 0 Å². The van der Waals surface area contributed by atoms with Gasteiger partial charge in [-0.25, -0.2) is 0 Å². The highest BCUT2D eigenvalue weighted by Crippen LogP contribution is 2.26. The smallest absolute Gasteiger partial charge is 0.263 e. The summed E-state index contributed by atoms with van der Waals surface area (Å²) in [4.78, 5) is 15.3. The van der Waals surface area contributed by atoms with E-state index in [0.717, 1.165) is 23.2 Å². The molecule has 0 N–H and O–H groups in total. The van der Waals surface area contributed by atoms with Gasteiger partial charge in [-0.05, 0) is 23.9 Å². The van der Waals surface area contributed by atoms with Crippen LogP contribution in [0.3, 0.4) is 0 Å². The highest BCUT2D eigenvalue weighted by Gasteiger charge is 2.14. The minimum atomic E-state index is 0.115. The maximum absolute atomic E-state index is 12.2. The lowest BCUT2D eigenvalue weighted by Crippen LogP contribution is -2.28. The molecule has 2 aromatic rings. The van der Waals surface area contributed by atoms with E-state index in [0.29, 0.717) is 4.83 Å². The van der Waals surface area contributed by atoms with Gasteiger partial charge < -0.3 is 4.90 Å². The third-order valence-corrected chi connectivity index (χ3v) is 4.41. The maximum Gasteiger partial charge on any atom is 0.263 e. The Balaban J connectivity index is 2.12. The lowest BCUT2D eigenvalue weighted by molar-refractivity contribution is 0.0799. The molecule has 0 aliphatic carbocycles. The van der Waals surface area contributed by atoms with Gasteiger partial charge in [-0.2, -0.15) is 0 Å². The van der Waals surface area contributed by atoms with Crippen LogP contribution in [0.15, 0.2) is 30.3 Å². The van der Waals surface area contributed by atoms with Gasteiger partial charge in [-0.3, -0.25) is 4.79 Å². The van der Waals surface area contributed by atoms with Gasteiger partial charge in [0, 0.05) is 23.1 Å². The minimum Gasteiger partial charge on any atom is -0.341 e. The van der Waals surface area contributed by atoms with Crippen LogP contribution in [0.4, 0.5) is 0 Å². The highest BCUT2D eigenvalue weighted by molar-refractivity contribution is 9.09. The zero-order valence-electron chi connectivity index (χ0n) is 10.5. The van der Waals surface area contributed by atoms with E-state index < -0.39 is 0 Å². The first-order valence-electron chi connectivity index (χ1n) is 5.96. The number of halogens is 1. The van der Waals surface area contributed by atoms with E-state index in [4.69, 9.17) is 0 Å². The second kappa shape index (κ2) is 5.85. The van der Waals surface area contributed by atoms with E-state index in [1.165, 1.54) is 4.70 Å². The number of thiophene rings is 1. The van der Waals surface area contributed by atoms with E-state index in [2.05, 4.69) is 28.9 Å².